The number of nitrogens with zero attached hydrogens (tertiary/aromatic N) is 3. The van der Waals surface area contributed by atoms with Crippen molar-refractivity contribution in [1.82, 2.24) is 14.8 Å². The standard InChI is InChI=1S/C10H20N4S/c1-7(2)6-13(5)9-11-12-10(15)14(9)8(3)4/h7-8H,6H2,1-5H3,(H,12,15). The number of anilines is 1. The van der Waals surface area contributed by atoms with Gasteiger partial charge in [0.25, 0.3) is 0 Å². The fourth-order valence-electron chi connectivity index (χ4n) is 1.66. The Balaban J connectivity index is 2.99. The molecule has 1 heterocycles. The van der Waals surface area contributed by atoms with Gasteiger partial charge >= 0.3 is 0 Å². The molecule has 1 aromatic heterocycles. The molecule has 86 valence electrons. The molecule has 1 rings (SSSR count). The summed E-state index contributed by atoms with van der Waals surface area (Å²) in [4.78, 5) is 2.14. The third kappa shape index (κ3) is 2.81. The van der Waals surface area contributed by atoms with E-state index in [9.17, 15) is 0 Å². The maximum atomic E-state index is 5.20. The van der Waals surface area contributed by atoms with Gasteiger partial charge in [-0.25, -0.2) is 5.10 Å². The van der Waals surface area contributed by atoms with E-state index < -0.39 is 0 Å². The van der Waals surface area contributed by atoms with E-state index in [-0.39, 0.29) is 0 Å². The number of aromatic amines is 1. The van der Waals surface area contributed by atoms with Crippen molar-refractivity contribution in [2.75, 3.05) is 18.5 Å². The maximum absolute atomic E-state index is 5.20. The van der Waals surface area contributed by atoms with Crippen molar-refractivity contribution in [1.29, 1.82) is 0 Å². The van der Waals surface area contributed by atoms with E-state index in [0.29, 0.717) is 16.7 Å². The lowest BCUT2D eigenvalue weighted by Crippen LogP contribution is -2.26. The van der Waals surface area contributed by atoms with E-state index in [1.165, 1.54) is 0 Å². The highest BCUT2D eigenvalue weighted by atomic mass is 32.1. The largest absolute Gasteiger partial charge is 0.344 e. The molecule has 5 heteroatoms. The van der Waals surface area contributed by atoms with Crippen LogP contribution in [0.1, 0.15) is 33.7 Å². The van der Waals surface area contributed by atoms with Gasteiger partial charge in [0.1, 0.15) is 0 Å². The zero-order valence-corrected chi connectivity index (χ0v) is 10.9. The number of H-pyrrole nitrogens is 1. The minimum absolute atomic E-state index is 0.334. The molecule has 0 aliphatic rings. The first-order valence-corrected chi connectivity index (χ1v) is 5.72. The average molecular weight is 228 g/mol. The fourth-order valence-corrected chi connectivity index (χ4v) is 2.00. The van der Waals surface area contributed by atoms with Crippen molar-refractivity contribution in [2.24, 2.45) is 5.92 Å². The zero-order chi connectivity index (χ0) is 11.6. The molecular formula is C10H20N4S. The Morgan fingerprint density at radius 3 is 2.47 bits per heavy atom. The molecule has 4 nitrogen and oxygen atoms in total. The van der Waals surface area contributed by atoms with Crippen LogP contribution in [0.5, 0.6) is 0 Å². The predicted octanol–water partition coefficient (Wildman–Crippen LogP) is 2.61. The van der Waals surface area contributed by atoms with Crippen LogP contribution >= 0.6 is 12.2 Å². The van der Waals surface area contributed by atoms with Gasteiger partial charge in [-0.15, -0.1) is 5.10 Å². The third-order valence-corrected chi connectivity index (χ3v) is 2.47. The predicted molar refractivity (Wildman–Crippen MR) is 65.9 cm³/mol. The first kappa shape index (κ1) is 12.2. The van der Waals surface area contributed by atoms with E-state index in [1.54, 1.807) is 0 Å². The summed E-state index contributed by atoms with van der Waals surface area (Å²) in [7, 11) is 2.05. The molecule has 0 amide bonds. The van der Waals surface area contributed by atoms with Crippen LogP contribution in [0, 0.1) is 10.7 Å². The Bertz CT molecular complexity index is 364. The molecule has 0 aromatic carbocycles. The Hall–Kier alpha value is -0.840. The normalized spacial score (nSPS) is 11.4. The summed E-state index contributed by atoms with van der Waals surface area (Å²) >= 11 is 5.20. The lowest BCUT2D eigenvalue weighted by Gasteiger charge is -2.22. The molecule has 0 fully saturated rings. The molecule has 0 aliphatic heterocycles. The highest BCUT2D eigenvalue weighted by Gasteiger charge is 2.13. The van der Waals surface area contributed by atoms with Gasteiger partial charge in [0.05, 0.1) is 0 Å². The van der Waals surface area contributed by atoms with E-state index >= 15 is 0 Å². The van der Waals surface area contributed by atoms with Crippen LogP contribution in [0.25, 0.3) is 0 Å². The van der Waals surface area contributed by atoms with Crippen LogP contribution in [0.4, 0.5) is 5.95 Å². The molecular weight excluding hydrogens is 208 g/mol. The van der Waals surface area contributed by atoms with E-state index in [4.69, 9.17) is 12.2 Å². The molecule has 0 saturated heterocycles. The number of hydrogen-bond acceptors (Lipinski definition) is 3. The summed E-state index contributed by atoms with van der Waals surface area (Å²) in [6.07, 6.45) is 0. The van der Waals surface area contributed by atoms with E-state index in [1.807, 2.05) is 11.6 Å². The molecule has 0 aliphatic carbocycles. The smallest absolute Gasteiger partial charge is 0.225 e. The minimum atomic E-state index is 0.334. The lowest BCUT2D eigenvalue weighted by molar-refractivity contribution is 0.565. The van der Waals surface area contributed by atoms with Gasteiger partial charge in [0.15, 0.2) is 4.77 Å². The Labute approximate surface area is 96.3 Å². The van der Waals surface area contributed by atoms with Gasteiger partial charge in [0.2, 0.25) is 5.95 Å². The van der Waals surface area contributed by atoms with Crippen molar-refractivity contribution in [3.05, 3.63) is 4.77 Å². The van der Waals surface area contributed by atoms with Crippen molar-refractivity contribution < 1.29 is 0 Å². The Morgan fingerprint density at radius 1 is 1.40 bits per heavy atom. The molecule has 0 radical (unpaired) electrons. The second-order valence-electron chi connectivity index (χ2n) is 4.57. The highest BCUT2D eigenvalue weighted by Crippen LogP contribution is 2.16. The Morgan fingerprint density at radius 2 is 2.00 bits per heavy atom. The summed E-state index contributed by atoms with van der Waals surface area (Å²) in [5, 5.41) is 7.11. The second-order valence-corrected chi connectivity index (χ2v) is 4.95. The van der Waals surface area contributed by atoms with E-state index in [0.717, 1.165) is 12.5 Å². The first-order chi connectivity index (χ1) is 6.93. The molecule has 1 N–H and O–H groups in total. The number of hydrogen-bond donors (Lipinski definition) is 1. The van der Waals surface area contributed by atoms with Crippen molar-refractivity contribution in [3.63, 3.8) is 0 Å². The molecule has 0 atom stereocenters. The van der Waals surface area contributed by atoms with Gasteiger partial charge in [-0.3, -0.25) is 4.57 Å². The summed E-state index contributed by atoms with van der Waals surface area (Å²) in [6.45, 7) is 9.58. The van der Waals surface area contributed by atoms with Crippen molar-refractivity contribution >= 4 is 18.2 Å². The molecule has 0 unspecified atom stereocenters. The summed E-state index contributed by atoms with van der Waals surface area (Å²) in [6, 6.07) is 0.334. The maximum Gasteiger partial charge on any atom is 0.225 e. The summed E-state index contributed by atoms with van der Waals surface area (Å²) in [5.41, 5.74) is 0. The van der Waals surface area contributed by atoms with Crippen LogP contribution in [-0.2, 0) is 0 Å². The number of rotatable bonds is 4. The molecule has 0 saturated carbocycles. The summed E-state index contributed by atoms with van der Waals surface area (Å²) in [5.74, 6) is 1.53. The molecule has 1 aromatic rings. The van der Waals surface area contributed by atoms with Gasteiger partial charge in [-0.2, -0.15) is 0 Å². The van der Waals surface area contributed by atoms with Gasteiger partial charge < -0.3 is 4.90 Å². The van der Waals surface area contributed by atoms with Crippen molar-refractivity contribution in [3.8, 4) is 0 Å². The monoisotopic (exact) mass is 228 g/mol. The van der Waals surface area contributed by atoms with Crippen LogP contribution < -0.4 is 4.90 Å². The summed E-state index contributed by atoms with van der Waals surface area (Å²) < 4.78 is 2.73. The molecule has 0 bridgehead atoms. The third-order valence-electron chi connectivity index (χ3n) is 2.18. The lowest BCUT2D eigenvalue weighted by atomic mass is 10.2. The second kappa shape index (κ2) is 4.79. The van der Waals surface area contributed by atoms with E-state index in [2.05, 4.69) is 42.8 Å². The topological polar surface area (TPSA) is 36.9 Å². The average Bonchev–Trinajstić information content (AvgIpc) is 2.45. The highest BCUT2D eigenvalue weighted by molar-refractivity contribution is 7.71. The van der Waals surface area contributed by atoms with Crippen LogP contribution in [0.15, 0.2) is 0 Å². The van der Waals surface area contributed by atoms with Crippen LogP contribution in [-0.4, -0.2) is 28.4 Å². The first-order valence-electron chi connectivity index (χ1n) is 5.31. The quantitative estimate of drug-likeness (QED) is 0.805. The Kier molecular flexibility index (Phi) is 3.90. The van der Waals surface area contributed by atoms with Gasteiger partial charge in [-0.1, -0.05) is 13.8 Å². The zero-order valence-electron chi connectivity index (χ0n) is 10.1. The van der Waals surface area contributed by atoms with Crippen LogP contribution in [0.2, 0.25) is 0 Å². The van der Waals surface area contributed by atoms with Crippen molar-refractivity contribution in [2.45, 2.75) is 33.7 Å². The fraction of sp³-hybridized carbons (Fsp3) is 0.800. The van der Waals surface area contributed by atoms with Gasteiger partial charge in [0, 0.05) is 19.6 Å². The SMILES string of the molecule is CC(C)CN(C)c1n[nH]c(=S)n1C(C)C. The van der Waals surface area contributed by atoms with Gasteiger partial charge in [-0.05, 0) is 32.0 Å². The number of aromatic nitrogens is 3. The van der Waals surface area contributed by atoms with Crippen LogP contribution in [0.3, 0.4) is 0 Å². The minimum Gasteiger partial charge on any atom is -0.344 e. The molecule has 0 spiro atoms. The molecule has 15 heavy (non-hydrogen) atoms. The number of nitrogens with one attached hydrogen (secondary N) is 1.